The largest absolute Gasteiger partial charge is 0.507 e. The summed E-state index contributed by atoms with van der Waals surface area (Å²) in [6.07, 6.45) is 14.4. The van der Waals surface area contributed by atoms with Gasteiger partial charge in [0.2, 0.25) is 0 Å². The first-order valence-electron chi connectivity index (χ1n) is 18.1. The van der Waals surface area contributed by atoms with Gasteiger partial charge in [-0.3, -0.25) is 9.80 Å². The molecule has 0 amide bonds. The fourth-order valence-corrected chi connectivity index (χ4v) is 7.15. The van der Waals surface area contributed by atoms with Gasteiger partial charge in [-0.15, -0.1) is 0 Å². The van der Waals surface area contributed by atoms with Crippen molar-refractivity contribution in [3.05, 3.63) is 57.2 Å². The van der Waals surface area contributed by atoms with Crippen molar-refractivity contribution in [3.63, 3.8) is 0 Å². The van der Waals surface area contributed by atoms with Gasteiger partial charge in [0, 0.05) is 82.1 Å². The summed E-state index contributed by atoms with van der Waals surface area (Å²) in [5, 5.41) is 30.3. The Kier molecular flexibility index (Phi) is 14.4. The number of hydrogen-bond donors (Lipinski definition) is 3. The van der Waals surface area contributed by atoms with E-state index in [0.29, 0.717) is 11.3 Å². The Bertz CT molecular complexity index is 1250. The number of piperazine rings is 2. The molecule has 2 saturated heterocycles. The molecule has 3 aliphatic rings. The molecule has 3 heterocycles. The topological polar surface area (TPSA) is 82.9 Å². The summed E-state index contributed by atoms with van der Waals surface area (Å²) in [5.74, 6) is 1.54. The normalized spacial score (nSPS) is 22.3. The molecular formula is C39H64N4O4. The number of ether oxygens (including phenoxy) is 1. The van der Waals surface area contributed by atoms with Crippen LogP contribution < -0.4 is 4.74 Å². The van der Waals surface area contributed by atoms with Gasteiger partial charge in [-0.25, -0.2) is 0 Å². The summed E-state index contributed by atoms with van der Waals surface area (Å²) in [4.78, 5) is 9.76. The summed E-state index contributed by atoms with van der Waals surface area (Å²) in [5.41, 5.74) is 7.74. The number of aliphatic hydroxyl groups is 2. The Hall–Kier alpha value is -2.20. The Morgan fingerprint density at radius 3 is 1.83 bits per heavy atom. The number of phenolic OH excluding ortho intramolecular Hbond substituents is 1. The van der Waals surface area contributed by atoms with Gasteiger partial charge < -0.3 is 29.9 Å². The number of allylic oxidation sites excluding steroid dienone is 5. The van der Waals surface area contributed by atoms with Gasteiger partial charge in [0.1, 0.15) is 17.1 Å². The molecule has 47 heavy (non-hydrogen) atoms. The highest BCUT2D eigenvalue weighted by Gasteiger charge is 2.36. The highest BCUT2D eigenvalue weighted by Crippen LogP contribution is 2.46. The van der Waals surface area contributed by atoms with E-state index in [2.05, 4.69) is 73.5 Å². The minimum Gasteiger partial charge on any atom is -0.507 e. The molecule has 264 valence electrons. The van der Waals surface area contributed by atoms with Crippen LogP contribution in [0.2, 0.25) is 0 Å². The molecule has 3 aliphatic heterocycles. The molecule has 1 unspecified atom stereocenters. The van der Waals surface area contributed by atoms with Crippen LogP contribution >= 0.6 is 0 Å². The van der Waals surface area contributed by atoms with Crippen LogP contribution in [0.1, 0.15) is 88.0 Å². The minimum absolute atomic E-state index is 0.0705. The predicted octanol–water partition coefficient (Wildman–Crippen LogP) is 5.42. The molecule has 0 radical (unpaired) electrons. The third kappa shape index (κ3) is 10.9. The van der Waals surface area contributed by atoms with Gasteiger partial charge in [-0.2, -0.15) is 0 Å². The number of likely N-dealkylation sites (N-methyl/N-ethyl adjacent to an activating group) is 2. The van der Waals surface area contributed by atoms with Crippen molar-refractivity contribution in [3.8, 4) is 11.5 Å². The van der Waals surface area contributed by atoms with E-state index in [0.717, 1.165) is 139 Å². The van der Waals surface area contributed by atoms with Crippen molar-refractivity contribution in [2.45, 2.75) is 97.8 Å². The first-order valence-corrected chi connectivity index (χ1v) is 18.1. The van der Waals surface area contributed by atoms with Crippen LogP contribution in [-0.4, -0.2) is 120 Å². The summed E-state index contributed by atoms with van der Waals surface area (Å²) >= 11 is 0. The smallest absolute Gasteiger partial charge is 0.127 e. The van der Waals surface area contributed by atoms with Crippen molar-refractivity contribution in [1.82, 2.24) is 19.6 Å². The first kappa shape index (κ1) is 37.6. The fraction of sp³-hybridized carbons (Fsp3) is 0.692. The van der Waals surface area contributed by atoms with E-state index in [1.54, 1.807) is 0 Å². The third-order valence-electron chi connectivity index (χ3n) is 10.8. The lowest BCUT2D eigenvalue weighted by Crippen LogP contribution is -2.44. The monoisotopic (exact) mass is 652 g/mol. The maximum Gasteiger partial charge on any atom is 0.127 e. The quantitative estimate of drug-likeness (QED) is 0.217. The number of nitrogens with zero attached hydrogens (tertiary/aromatic N) is 4. The highest BCUT2D eigenvalue weighted by molar-refractivity contribution is 5.59. The van der Waals surface area contributed by atoms with E-state index in [1.165, 1.54) is 16.7 Å². The number of aliphatic hydroxyl groups excluding tert-OH is 2. The predicted molar refractivity (Wildman–Crippen MR) is 193 cm³/mol. The average molecular weight is 653 g/mol. The second-order valence-corrected chi connectivity index (χ2v) is 14.8. The van der Waals surface area contributed by atoms with Crippen molar-refractivity contribution < 1.29 is 20.1 Å². The lowest BCUT2D eigenvalue weighted by atomic mass is 9.84. The standard InChI is InChI=1S/C39H64N4O4/c1-30(12-8-14-33(28-44)29-45)10-7-11-31(2)13-9-16-39(4)17-15-34-36(27-43-24-20-41(6)21-25-43)37(46)35(32(3)38(34)47-39)26-42-22-18-40(5)19-23-42/h10,13-14,44-46H,7-9,11-12,15-29H2,1-6H3/b30-10+,31-13+. The summed E-state index contributed by atoms with van der Waals surface area (Å²) in [6.45, 7) is 18.6. The first-order chi connectivity index (χ1) is 22.5. The molecule has 0 aliphatic carbocycles. The molecule has 0 aromatic heterocycles. The fourth-order valence-electron chi connectivity index (χ4n) is 7.15. The molecule has 1 aromatic rings. The second kappa shape index (κ2) is 18.0. The number of phenols is 1. The SMILES string of the molecule is C/C(=C\CC/C(C)=C/CCC1(C)CCc2c(CN3CCN(C)CC3)c(O)c(CN3CCN(C)CC3)c(C)c2O1)CCC=C(CO)CO. The van der Waals surface area contributed by atoms with Crippen molar-refractivity contribution >= 4 is 0 Å². The van der Waals surface area contributed by atoms with Crippen LogP contribution in [0.15, 0.2) is 34.9 Å². The van der Waals surface area contributed by atoms with Crippen LogP contribution in [0.4, 0.5) is 0 Å². The maximum atomic E-state index is 11.9. The van der Waals surface area contributed by atoms with Crippen molar-refractivity contribution in [1.29, 1.82) is 0 Å². The van der Waals surface area contributed by atoms with Crippen LogP contribution in [-0.2, 0) is 19.5 Å². The molecule has 1 aromatic carbocycles. The third-order valence-corrected chi connectivity index (χ3v) is 10.8. The zero-order valence-electron chi connectivity index (χ0n) is 30.4. The molecule has 8 heteroatoms. The minimum atomic E-state index is -0.228. The van der Waals surface area contributed by atoms with E-state index in [-0.39, 0.29) is 18.8 Å². The highest BCUT2D eigenvalue weighted by atomic mass is 16.5. The number of benzene rings is 1. The molecular weight excluding hydrogens is 588 g/mol. The number of hydrogen-bond acceptors (Lipinski definition) is 8. The van der Waals surface area contributed by atoms with Crippen LogP contribution in [0.3, 0.4) is 0 Å². The van der Waals surface area contributed by atoms with E-state index in [1.807, 2.05) is 6.08 Å². The van der Waals surface area contributed by atoms with Crippen molar-refractivity contribution in [2.24, 2.45) is 0 Å². The van der Waals surface area contributed by atoms with Gasteiger partial charge in [0.05, 0.1) is 13.2 Å². The molecule has 0 spiro atoms. The summed E-state index contributed by atoms with van der Waals surface area (Å²) in [7, 11) is 4.38. The Labute approximate surface area is 285 Å². The Morgan fingerprint density at radius 1 is 0.766 bits per heavy atom. The zero-order valence-corrected chi connectivity index (χ0v) is 30.4. The van der Waals surface area contributed by atoms with Crippen molar-refractivity contribution in [2.75, 3.05) is 79.7 Å². The second-order valence-electron chi connectivity index (χ2n) is 14.8. The summed E-state index contributed by atoms with van der Waals surface area (Å²) in [6, 6.07) is 0. The van der Waals surface area contributed by atoms with Crippen LogP contribution in [0, 0.1) is 6.92 Å². The van der Waals surface area contributed by atoms with Gasteiger partial charge >= 0.3 is 0 Å². The number of fused-ring (bicyclic) bond motifs is 1. The Morgan fingerprint density at radius 2 is 1.28 bits per heavy atom. The molecule has 2 fully saturated rings. The van der Waals surface area contributed by atoms with Gasteiger partial charge in [0.15, 0.2) is 0 Å². The van der Waals surface area contributed by atoms with E-state index >= 15 is 0 Å². The van der Waals surface area contributed by atoms with E-state index < -0.39 is 0 Å². The average Bonchev–Trinajstić information content (AvgIpc) is 3.05. The summed E-state index contributed by atoms with van der Waals surface area (Å²) < 4.78 is 7.02. The molecule has 4 rings (SSSR count). The lowest BCUT2D eigenvalue weighted by molar-refractivity contribution is 0.0549. The maximum absolute atomic E-state index is 11.9. The van der Waals surface area contributed by atoms with Gasteiger partial charge in [0.25, 0.3) is 0 Å². The molecule has 8 nitrogen and oxygen atoms in total. The Balaban J connectivity index is 1.42. The molecule has 0 saturated carbocycles. The van der Waals surface area contributed by atoms with Gasteiger partial charge in [-0.05, 0) is 104 Å². The number of aromatic hydroxyl groups is 1. The number of rotatable bonds is 15. The van der Waals surface area contributed by atoms with Crippen LogP contribution in [0.25, 0.3) is 0 Å². The lowest BCUT2D eigenvalue weighted by Gasteiger charge is -2.40. The molecule has 1 atom stereocenters. The van der Waals surface area contributed by atoms with E-state index in [4.69, 9.17) is 4.74 Å². The molecule has 0 bridgehead atoms. The van der Waals surface area contributed by atoms with E-state index in [9.17, 15) is 15.3 Å². The molecule has 3 N–H and O–H groups in total. The zero-order chi connectivity index (χ0) is 34.0. The van der Waals surface area contributed by atoms with Gasteiger partial charge in [-0.1, -0.05) is 29.4 Å². The van der Waals surface area contributed by atoms with Crippen LogP contribution in [0.5, 0.6) is 11.5 Å².